The molecule has 1 fully saturated rings. The molecule has 0 spiro atoms. The molecule has 0 unspecified atom stereocenters. The van der Waals surface area contributed by atoms with Crippen molar-refractivity contribution < 1.29 is 18.9 Å². The first-order chi connectivity index (χ1) is 14.1. The number of carbonyl (C=O) groups is 1. The number of amides is 1. The van der Waals surface area contributed by atoms with E-state index in [-0.39, 0.29) is 11.6 Å². The number of furan rings is 1. The van der Waals surface area contributed by atoms with Gasteiger partial charge in [-0.3, -0.25) is 19.8 Å². The van der Waals surface area contributed by atoms with E-state index in [1.165, 1.54) is 12.1 Å². The normalized spacial score (nSPS) is 14.9. The zero-order chi connectivity index (χ0) is 20.2. The second-order valence-electron chi connectivity index (χ2n) is 6.92. The molecule has 0 saturated carbocycles. The van der Waals surface area contributed by atoms with Crippen molar-refractivity contribution in [3.8, 4) is 0 Å². The molecule has 1 aromatic carbocycles. The molecular weight excluding hydrogens is 376 g/mol. The van der Waals surface area contributed by atoms with Crippen LogP contribution in [0.1, 0.15) is 16.1 Å². The lowest BCUT2D eigenvalue weighted by atomic mass is 10.2. The topological polar surface area (TPSA) is 103 Å². The molecule has 0 aliphatic carbocycles. The molecule has 3 heterocycles. The van der Waals surface area contributed by atoms with Gasteiger partial charge in [0.1, 0.15) is 5.69 Å². The van der Waals surface area contributed by atoms with Gasteiger partial charge in [0, 0.05) is 57.0 Å². The molecule has 4 rings (SSSR count). The molecule has 0 bridgehead atoms. The minimum atomic E-state index is -0.425. The number of benzene rings is 1. The van der Waals surface area contributed by atoms with Gasteiger partial charge in [-0.1, -0.05) is 12.1 Å². The summed E-state index contributed by atoms with van der Waals surface area (Å²) in [4.78, 5) is 25.7. The van der Waals surface area contributed by atoms with Crippen LogP contribution in [0.5, 0.6) is 0 Å². The third-order valence-electron chi connectivity index (χ3n) is 5.03. The fourth-order valence-corrected chi connectivity index (χ4v) is 3.53. The van der Waals surface area contributed by atoms with Crippen LogP contribution in [-0.2, 0) is 11.3 Å². The van der Waals surface area contributed by atoms with Gasteiger partial charge in [-0.05, 0) is 5.56 Å². The first-order valence-electron chi connectivity index (χ1n) is 9.50. The summed E-state index contributed by atoms with van der Waals surface area (Å²) in [7, 11) is 0. The van der Waals surface area contributed by atoms with Gasteiger partial charge in [-0.2, -0.15) is 0 Å². The monoisotopic (exact) mass is 398 g/mol. The number of rotatable bonds is 7. The Bertz CT molecular complexity index is 1020. The van der Waals surface area contributed by atoms with Gasteiger partial charge < -0.3 is 19.0 Å². The molecule has 1 aliphatic rings. The molecule has 9 heteroatoms. The van der Waals surface area contributed by atoms with Crippen LogP contribution in [0.2, 0.25) is 0 Å². The highest BCUT2D eigenvalue weighted by atomic mass is 16.6. The van der Waals surface area contributed by atoms with E-state index in [9.17, 15) is 14.9 Å². The summed E-state index contributed by atoms with van der Waals surface area (Å²) >= 11 is 0. The van der Waals surface area contributed by atoms with E-state index in [4.69, 9.17) is 9.15 Å². The number of aromatic nitrogens is 1. The molecule has 0 atom stereocenters. The Hall–Kier alpha value is -3.17. The molecule has 2 aromatic heterocycles. The zero-order valence-electron chi connectivity index (χ0n) is 15.9. The Morgan fingerprint density at radius 2 is 2.03 bits per heavy atom. The molecule has 9 nitrogen and oxygen atoms in total. The number of nitrogens with one attached hydrogen (secondary N) is 1. The van der Waals surface area contributed by atoms with Crippen molar-refractivity contribution in [3.63, 3.8) is 0 Å². The molecule has 1 amide bonds. The number of non-ortho nitro benzene ring substituents is 1. The average Bonchev–Trinajstić information content (AvgIpc) is 3.32. The van der Waals surface area contributed by atoms with E-state index in [0.29, 0.717) is 24.4 Å². The lowest BCUT2D eigenvalue weighted by Gasteiger charge is -2.26. The molecule has 1 saturated heterocycles. The molecule has 29 heavy (non-hydrogen) atoms. The Balaban J connectivity index is 1.50. The van der Waals surface area contributed by atoms with Crippen molar-refractivity contribution in [2.24, 2.45) is 0 Å². The fourth-order valence-electron chi connectivity index (χ4n) is 3.53. The van der Waals surface area contributed by atoms with E-state index in [1.807, 2.05) is 4.57 Å². The smallest absolute Gasteiger partial charge is 0.269 e. The SMILES string of the molecule is O=C(NCCN1CCOCC1)c1cc2occc2n1Cc1cccc([N+](=O)[O-])c1. The van der Waals surface area contributed by atoms with Crippen LogP contribution >= 0.6 is 0 Å². The van der Waals surface area contributed by atoms with Gasteiger partial charge in [0.2, 0.25) is 0 Å². The summed E-state index contributed by atoms with van der Waals surface area (Å²) in [6.07, 6.45) is 1.56. The van der Waals surface area contributed by atoms with Crippen LogP contribution in [0.4, 0.5) is 5.69 Å². The highest BCUT2D eigenvalue weighted by Crippen LogP contribution is 2.23. The van der Waals surface area contributed by atoms with E-state index >= 15 is 0 Å². The number of hydrogen-bond donors (Lipinski definition) is 1. The van der Waals surface area contributed by atoms with Crippen molar-refractivity contribution in [1.82, 2.24) is 14.8 Å². The van der Waals surface area contributed by atoms with E-state index < -0.39 is 4.92 Å². The van der Waals surface area contributed by atoms with Gasteiger partial charge in [0.25, 0.3) is 11.6 Å². The summed E-state index contributed by atoms with van der Waals surface area (Å²) in [6, 6.07) is 9.91. The van der Waals surface area contributed by atoms with Gasteiger partial charge in [-0.15, -0.1) is 0 Å². The number of hydrogen-bond acceptors (Lipinski definition) is 6. The van der Waals surface area contributed by atoms with Gasteiger partial charge in [0.15, 0.2) is 5.58 Å². The average molecular weight is 398 g/mol. The van der Waals surface area contributed by atoms with Crippen LogP contribution in [0.25, 0.3) is 11.1 Å². The Labute approximate surface area is 167 Å². The van der Waals surface area contributed by atoms with Crippen molar-refractivity contribution in [2.75, 3.05) is 39.4 Å². The second-order valence-corrected chi connectivity index (χ2v) is 6.92. The van der Waals surface area contributed by atoms with Crippen molar-refractivity contribution in [1.29, 1.82) is 0 Å². The predicted molar refractivity (Wildman–Crippen MR) is 106 cm³/mol. The number of carbonyl (C=O) groups excluding carboxylic acids is 1. The van der Waals surface area contributed by atoms with Crippen molar-refractivity contribution in [2.45, 2.75) is 6.54 Å². The number of fused-ring (bicyclic) bond motifs is 1. The quantitative estimate of drug-likeness (QED) is 0.484. The lowest BCUT2D eigenvalue weighted by Crippen LogP contribution is -2.41. The summed E-state index contributed by atoms with van der Waals surface area (Å²) in [5.41, 5.74) is 2.60. The van der Waals surface area contributed by atoms with Crippen LogP contribution in [0.3, 0.4) is 0 Å². The van der Waals surface area contributed by atoms with Gasteiger partial charge >= 0.3 is 0 Å². The summed E-state index contributed by atoms with van der Waals surface area (Å²) in [5, 5.41) is 14.0. The molecule has 1 aliphatic heterocycles. The molecule has 3 aromatic rings. The molecule has 0 radical (unpaired) electrons. The zero-order valence-corrected chi connectivity index (χ0v) is 15.9. The lowest BCUT2D eigenvalue weighted by molar-refractivity contribution is -0.384. The highest BCUT2D eigenvalue weighted by Gasteiger charge is 2.19. The van der Waals surface area contributed by atoms with Gasteiger partial charge in [-0.25, -0.2) is 0 Å². The fraction of sp³-hybridized carbons (Fsp3) is 0.350. The maximum Gasteiger partial charge on any atom is 0.269 e. The Kier molecular flexibility index (Phi) is 5.59. The third kappa shape index (κ3) is 4.30. The summed E-state index contributed by atoms with van der Waals surface area (Å²) < 4.78 is 12.6. The van der Waals surface area contributed by atoms with E-state index in [2.05, 4.69) is 10.2 Å². The molecule has 1 N–H and O–H groups in total. The van der Waals surface area contributed by atoms with Gasteiger partial charge in [0.05, 0.1) is 29.9 Å². The van der Waals surface area contributed by atoms with E-state index in [0.717, 1.165) is 43.9 Å². The number of ether oxygens (including phenoxy) is 1. The highest BCUT2D eigenvalue weighted by molar-refractivity contribution is 5.97. The third-order valence-corrected chi connectivity index (χ3v) is 5.03. The maximum atomic E-state index is 12.8. The number of nitro benzene ring substituents is 1. The predicted octanol–water partition coefficient (Wildman–Crippen LogP) is 2.25. The van der Waals surface area contributed by atoms with Crippen LogP contribution in [0, 0.1) is 10.1 Å². The van der Waals surface area contributed by atoms with Crippen molar-refractivity contribution >= 4 is 22.7 Å². The number of nitro groups is 1. The van der Waals surface area contributed by atoms with Crippen LogP contribution < -0.4 is 5.32 Å². The minimum absolute atomic E-state index is 0.0228. The van der Waals surface area contributed by atoms with E-state index in [1.54, 1.807) is 30.5 Å². The Morgan fingerprint density at radius 1 is 1.21 bits per heavy atom. The van der Waals surface area contributed by atoms with Crippen LogP contribution in [0.15, 0.2) is 47.1 Å². The van der Waals surface area contributed by atoms with Crippen molar-refractivity contribution in [3.05, 3.63) is 64.0 Å². The number of morpholine rings is 1. The Morgan fingerprint density at radius 3 is 2.83 bits per heavy atom. The summed E-state index contributed by atoms with van der Waals surface area (Å²) in [5.74, 6) is -0.199. The molecular formula is C20H22N4O5. The largest absolute Gasteiger partial charge is 0.463 e. The van der Waals surface area contributed by atoms with Crippen LogP contribution in [-0.4, -0.2) is 59.7 Å². The first-order valence-corrected chi connectivity index (χ1v) is 9.50. The maximum absolute atomic E-state index is 12.8. The minimum Gasteiger partial charge on any atom is -0.463 e. The standard InChI is InChI=1S/C20H22N4O5/c25-20(21-5-6-22-7-10-28-11-8-22)18-13-19-17(4-9-29-19)23(18)14-15-2-1-3-16(12-15)24(26)27/h1-4,9,12-13H,5-8,10-11,14H2,(H,21,25). The number of nitrogens with zero attached hydrogens (tertiary/aromatic N) is 3. The summed E-state index contributed by atoms with van der Waals surface area (Å²) in [6.45, 7) is 4.79. The first kappa shape index (κ1) is 19.2. The second kappa shape index (κ2) is 8.46. The molecule has 152 valence electrons.